The van der Waals surface area contributed by atoms with E-state index in [-0.39, 0.29) is 12.5 Å². The van der Waals surface area contributed by atoms with Gasteiger partial charge in [0.25, 0.3) is 0 Å². The predicted molar refractivity (Wildman–Crippen MR) is 65.3 cm³/mol. The van der Waals surface area contributed by atoms with Crippen LogP contribution in [0.15, 0.2) is 12.2 Å². The smallest absolute Gasteiger partial charge is 0.431 e. The highest BCUT2D eigenvalue weighted by Gasteiger charge is 2.30. The van der Waals surface area contributed by atoms with E-state index in [4.69, 9.17) is 18.3 Å². The lowest BCUT2D eigenvalue weighted by Crippen LogP contribution is -2.40. The molecular weight excluding hydrogens is 240 g/mol. The Kier molecular flexibility index (Phi) is 8.97. The van der Waals surface area contributed by atoms with Crippen LogP contribution in [0.2, 0.25) is 0 Å². The first-order valence-corrected chi connectivity index (χ1v) is 6.94. The van der Waals surface area contributed by atoms with E-state index in [0.717, 1.165) is 0 Å². The van der Waals surface area contributed by atoms with Gasteiger partial charge in [0.05, 0.1) is 0 Å². The molecule has 0 amide bonds. The highest BCUT2D eigenvalue weighted by atomic mass is 28.3. The van der Waals surface area contributed by atoms with Gasteiger partial charge in [-0.25, -0.2) is 4.79 Å². The first-order valence-electron chi connectivity index (χ1n) is 5.54. The van der Waals surface area contributed by atoms with Crippen molar-refractivity contribution in [3.8, 4) is 0 Å². The molecule has 0 aromatic heterocycles. The quantitative estimate of drug-likeness (QED) is 0.207. The van der Waals surface area contributed by atoms with Crippen LogP contribution in [0.25, 0.3) is 0 Å². The number of hydrogen-bond acceptors (Lipinski definition) is 5. The van der Waals surface area contributed by atoms with Crippen LogP contribution < -0.4 is 0 Å². The molecule has 0 spiro atoms. The SMILES string of the molecule is C=C(C)C(=O)OC(CC)[Si](OC)OCOCC. The molecule has 1 radical (unpaired) electrons. The Bertz CT molecular complexity index is 244. The largest absolute Gasteiger partial charge is 0.457 e. The second-order valence-corrected chi connectivity index (χ2v) is 5.34. The normalized spacial score (nSPS) is 12.5. The fourth-order valence-electron chi connectivity index (χ4n) is 0.994. The Morgan fingerprint density at radius 1 is 1.41 bits per heavy atom. The summed E-state index contributed by atoms with van der Waals surface area (Å²) in [6.07, 6.45) is 0.632. The first kappa shape index (κ1) is 16.3. The minimum Gasteiger partial charge on any atom is -0.457 e. The minimum atomic E-state index is -1.68. The molecule has 0 saturated carbocycles. The van der Waals surface area contributed by atoms with Crippen LogP contribution in [-0.2, 0) is 23.1 Å². The van der Waals surface area contributed by atoms with Crippen molar-refractivity contribution < 1.29 is 23.1 Å². The lowest BCUT2D eigenvalue weighted by Gasteiger charge is -2.21. The van der Waals surface area contributed by atoms with Gasteiger partial charge in [-0.15, -0.1) is 0 Å². The Morgan fingerprint density at radius 3 is 2.47 bits per heavy atom. The zero-order chi connectivity index (χ0) is 13.3. The van der Waals surface area contributed by atoms with Crippen molar-refractivity contribution >= 4 is 15.3 Å². The zero-order valence-electron chi connectivity index (χ0n) is 10.9. The summed E-state index contributed by atoms with van der Waals surface area (Å²) < 4.78 is 21.0. The number of carbonyl (C=O) groups is 1. The molecule has 1 atom stereocenters. The van der Waals surface area contributed by atoms with Crippen molar-refractivity contribution in [2.75, 3.05) is 20.5 Å². The molecule has 0 fully saturated rings. The summed E-state index contributed by atoms with van der Waals surface area (Å²) in [6.45, 7) is 9.65. The molecule has 0 aliphatic heterocycles. The maximum absolute atomic E-state index is 11.4. The monoisotopic (exact) mass is 261 g/mol. The van der Waals surface area contributed by atoms with Crippen LogP contribution in [0.4, 0.5) is 0 Å². The van der Waals surface area contributed by atoms with E-state index in [9.17, 15) is 4.79 Å². The standard InChI is InChI=1S/C11H21O5Si/c1-6-10(16-11(12)9(3)4)17(13-5)15-8-14-7-2/h10H,3,6-8H2,1-2,4-5H3. The van der Waals surface area contributed by atoms with Gasteiger partial charge in [-0.2, -0.15) is 0 Å². The molecule has 0 N–H and O–H groups in total. The minimum absolute atomic E-state index is 0.153. The lowest BCUT2D eigenvalue weighted by molar-refractivity contribution is -0.142. The van der Waals surface area contributed by atoms with E-state index < -0.39 is 15.3 Å². The molecule has 0 aromatic rings. The molecule has 0 bridgehead atoms. The second-order valence-electron chi connectivity index (χ2n) is 3.36. The molecule has 5 nitrogen and oxygen atoms in total. The van der Waals surface area contributed by atoms with Crippen molar-refractivity contribution in [3.05, 3.63) is 12.2 Å². The van der Waals surface area contributed by atoms with Crippen LogP contribution in [0.3, 0.4) is 0 Å². The maximum Gasteiger partial charge on any atom is 0.431 e. The molecule has 0 rings (SSSR count). The fraction of sp³-hybridized carbons (Fsp3) is 0.727. The molecule has 99 valence electrons. The van der Waals surface area contributed by atoms with Crippen LogP contribution in [0.5, 0.6) is 0 Å². The molecule has 17 heavy (non-hydrogen) atoms. The Labute approximate surface area is 105 Å². The first-order chi connectivity index (χ1) is 8.06. The van der Waals surface area contributed by atoms with Gasteiger partial charge >= 0.3 is 15.3 Å². The van der Waals surface area contributed by atoms with Gasteiger partial charge in [0.15, 0.2) is 0 Å². The van der Waals surface area contributed by atoms with E-state index >= 15 is 0 Å². The molecule has 0 aliphatic carbocycles. The van der Waals surface area contributed by atoms with Gasteiger partial charge < -0.3 is 18.3 Å². The van der Waals surface area contributed by atoms with Crippen LogP contribution in [-0.4, -0.2) is 41.5 Å². The molecule has 0 aromatic carbocycles. The average Bonchev–Trinajstić information content (AvgIpc) is 2.32. The van der Waals surface area contributed by atoms with Gasteiger partial charge in [0.1, 0.15) is 12.5 Å². The van der Waals surface area contributed by atoms with Gasteiger partial charge in [-0.05, 0) is 20.3 Å². The summed E-state index contributed by atoms with van der Waals surface area (Å²) >= 11 is 0. The highest BCUT2D eigenvalue weighted by molar-refractivity contribution is 6.46. The fourth-order valence-corrected chi connectivity index (χ4v) is 2.30. The summed E-state index contributed by atoms with van der Waals surface area (Å²) in [4.78, 5) is 11.4. The topological polar surface area (TPSA) is 54.0 Å². The highest BCUT2D eigenvalue weighted by Crippen LogP contribution is 2.08. The third-order valence-corrected chi connectivity index (χ3v) is 3.78. The number of rotatable bonds is 9. The van der Waals surface area contributed by atoms with Crippen molar-refractivity contribution in [1.82, 2.24) is 0 Å². The summed E-state index contributed by atoms with van der Waals surface area (Å²) in [7, 11) is -0.144. The van der Waals surface area contributed by atoms with Gasteiger partial charge in [-0.1, -0.05) is 13.5 Å². The Balaban J connectivity index is 4.27. The molecule has 0 saturated heterocycles. The lowest BCUT2D eigenvalue weighted by atomic mass is 10.4. The van der Waals surface area contributed by atoms with Crippen LogP contribution >= 0.6 is 0 Å². The number of ether oxygens (including phenoxy) is 2. The van der Waals surface area contributed by atoms with Gasteiger partial charge in [0, 0.05) is 19.3 Å². The summed E-state index contributed by atoms with van der Waals surface area (Å²) in [5, 5.41) is 0. The molecule has 0 aliphatic rings. The second kappa shape index (κ2) is 9.35. The number of hydrogen-bond donors (Lipinski definition) is 0. The Hall–Kier alpha value is -0.693. The Morgan fingerprint density at radius 2 is 2.06 bits per heavy atom. The predicted octanol–water partition coefficient (Wildman–Crippen LogP) is 1.57. The molecular formula is C11H21O5Si. The van der Waals surface area contributed by atoms with Gasteiger partial charge in [0.2, 0.25) is 0 Å². The maximum atomic E-state index is 11.4. The van der Waals surface area contributed by atoms with Crippen LogP contribution in [0.1, 0.15) is 27.2 Å². The third kappa shape index (κ3) is 6.57. The summed E-state index contributed by atoms with van der Waals surface area (Å²) in [6, 6.07) is 0. The molecule has 6 heteroatoms. The van der Waals surface area contributed by atoms with E-state index in [2.05, 4.69) is 6.58 Å². The van der Waals surface area contributed by atoms with Crippen molar-refractivity contribution in [2.24, 2.45) is 0 Å². The average molecular weight is 261 g/mol. The zero-order valence-corrected chi connectivity index (χ0v) is 11.9. The van der Waals surface area contributed by atoms with E-state index in [1.165, 1.54) is 7.11 Å². The molecule has 0 heterocycles. The third-order valence-electron chi connectivity index (χ3n) is 1.92. The van der Waals surface area contributed by atoms with E-state index in [1.54, 1.807) is 6.92 Å². The van der Waals surface area contributed by atoms with Crippen molar-refractivity contribution in [2.45, 2.75) is 32.9 Å². The van der Waals surface area contributed by atoms with Crippen molar-refractivity contribution in [3.63, 3.8) is 0 Å². The number of esters is 1. The number of carbonyl (C=O) groups excluding carboxylic acids is 1. The molecule has 1 unspecified atom stereocenters. The summed E-state index contributed by atoms with van der Waals surface area (Å²) in [5.74, 6) is -0.420. The van der Waals surface area contributed by atoms with Crippen LogP contribution in [0, 0.1) is 0 Å². The van der Waals surface area contributed by atoms with E-state index in [0.29, 0.717) is 18.6 Å². The van der Waals surface area contributed by atoms with E-state index in [1.807, 2.05) is 13.8 Å². The van der Waals surface area contributed by atoms with Crippen molar-refractivity contribution in [1.29, 1.82) is 0 Å². The van der Waals surface area contributed by atoms with Gasteiger partial charge in [-0.3, -0.25) is 0 Å². The summed E-state index contributed by atoms with van der Waals surface area (Å²) in [5.41, 5.74) is 0.000340.